The zero-order valence-corrected chi connectivity index (χ0v) is 7.37. The summed E-state index contributed by atoms with van der Waals surface area (Å²) >= 11 is 0. The third-order valence-electron chi connectivity index (χ3n) is 0.471. The second kappa shape index (κ2) is 8.64. The van der Waals surface area contributed by atoms with Crippen molar-refractivity contribution in [3.8, 4) is 0 Å². The Morgan fingerprint density at radius 1 is 1.17 bits per heavy atom. The maximum atomic E-state index is 8.55. The van der Waals surface area contributed by atoms with Crippen LogP contribution in [0.2, 0.25) is 0 Å². The monoisotopic (exact) mass is 193 g/mol. The molecule has 0 aromatic carbocycles. The van der Waals surface area contributed by atoms with Gasteiger partial charge in [0.05, 0.1) is 13.2 Å². The van der Waals surface area contributed by atoms with Crippen LogP contribution in [0.4, 0.5) is 0 Å². The molecule has 0 bridgehead atoms. The largest absolute Gasteiger partial charge is 0.822 e. The highest BCUT2D eigenvalue weighted by Crippen LogP contribution is 2.03. The molecule has 0 fully saturated rings. The van der Waals surface area contributed by atoms with Gasteiger partial charge >= 0.3 is 0 Å². The summed E-state index contributed by atoms with van der Waals surface area (Å²) in [5.41, 5.74) is 0. The minimum absolute atomic E-state index is 0.617. The topological polar surface area (TPSA) is 95.5 Å². The van der Waals surface area contributed by atoms with Crippen molar-refractivity contribution in [1.29, 1.82) is 0 Å². The van der Waals surface area contributed by atoms with Crippen LogP contribution in [0.15, 0.2) is 25.3 Å². The Bertz CT molecular complexity index is 145. The van der Waals surface area contributed by atoms with Gasteiger partial charge < -0.3 is 24.0 Å². The van der Waals surface area contributed by atoms with Crippen LogP contribution in [0.3, 0.4) is 0 Å². The molecule has 0 aromatic rings. The molecule has 72 valence electrons. The zero-order chi connectivity index (χ0) is 10.0. The van der Waals surface area contributed by atoms with Gasteiger partial charge in [-0.05, 0) is 0 Å². The van der Waals surface area contributed by atoms with E-state index in [1.54, 1.807) is 12.2 Å². The van der Waals surface area contributed by atoms with E-state index in [1.807, 2.05) is 0 Å². The van der Waals surface area contributed by atoms with E-state index in [-0.39, 0.29) is 0 Å². The lowest BCUT2D eigenvalue weighted by Crippen LogP contribution is -2.24. The van der Waals surface area contributed by atoms with Crippen molar-refractivity contribution >= 4 is 7.82 Å². The van der Waals surface area contributed by atoms with Gasteiger partial charge in [-0.15, -0.1) is 13.2 Å². The van der Waals surface area contributed by atoms with E-state index in [0.717, 1.165) is 0 Å². The van der Waals surface area contributed by atoms with Crippen LogP contribution in [0.5, 0.6) is 0 Å². The Morgan fingerprint density at radius 3 is 1.58 bits per heavy atom. The van der Waals surface area contributed by atoms with Crippen LogP contribution >= 0.6 is 7.82 Å². The van der Waals surface area contributed by atoms with Crippen molar-refractivity contribution in [3.63, 3.8) is 0 Å². The minimum Gasteiger partial charge on any atom is -0.822 e. The highest BCUT2D eigenvalue weighted by atomic mass is 31.2. The number of hydrogen-bond acceptors (Lipinski definition) is 5. The minimum atomic E-state index is -5.39. The summed E-state index contributed by atoms with van der Waals surface area (Å²) in [5.74, 6) is 0. The molecule has 0 amide bonds. The van der Waals surface area contributed by atoms with E-state index < -0.39 is 7.82 Å². The van der Waals surface area contributed by atoms with Crippen LogP contribution in [-0.2, 0) is 9.30 Å². The highest BCUT2D eigenvalue weighted by molar-refractivity contribution is 7.40. The summed E-state index contributed by atoms with van der Waals surface area (Å²) in [6.45, 7) is 8.18. The molecule has 0 rings (SSSR count). The zero-order valence-electron chi connectivity index (χ0n) is 6.47. The van der Waals surface area contributed by atoms with Gasteiger partial charge in [0.1, 0.15) is 0 Å². The Labute approximate surface area is 71.2 Å². The van der Waals surface area contributed by atoms with E-state index in [9.17, 15) is 0 Å². The van der Waals surface area contributed by atoms with Gasteiger partial charge in [-0.25, -0.2) is 0 Å². The molecule has 0 saturated carbocycles. The number of phosphoric acid groups is 1. The molecule has 12 heavy (non-hydrogen) atoms. The fraction of sp³-hybridized carbons (Fsp3) is 0.333. The van der Waals surface area contributed by atoms with E-state index in [1.165, 1.54) is 0 Å². The molecule has 0 atom stereocenters. The normalized spacial score (nSPS) is 9.58. The van der Waals surface area contributed by atoms with Gasteiger partial charge in [-0.3, -0.25) is 0 Å². The lowest BCUT2D eigenvalue weighted by Gasteiger charge is -2.36. The van der Waals surface area contributed by atoms with Crippen LogP contribution in [-0.4, -0.2) is 13.2 Å². The maximum Gasteiger partial charge on any atom is 0.0649 e. The molecule has 0 unspecified atom stereocenters. The number of rotatable bonds is 4. The number of hydrogen-bond donors (Lipinski definition) is 0. The molecule has 0 aliphatic carbocycles. The third kappa shape index (κ3) is 55.4. The molecule has 0 heterocycles. The van der Waals surface area contributed by atoms with Crippen molar-refractivity contribution in [2.45, 2.75) is 0 Å². The highest BCUT2D eigenvalue weighted by Gasteiger charge is 1.70. The van der Waals surface area contributed by atoms with Gasteiger partial charge in [-0.1, -0.05) is 12.2 Å². The second-order valence-corrected chi connectivity index (χ2v) is 2.46. The number of ether oxygens (including phenoxy) is 1. The predicted octanol–water partition coefficient (Wildman–Crippen LogP) is -1.45. The van der Waals surface area contributed by atoms with Gasteiger partial charge in [-0.2, -0.15) is 7.82 Å². The molecule has 0 spiro atoms. The Balaban J connectivity index is 0. The van der Waals surface area contributed by atoms with Gasteiger partial charge in [0.15, 0.2) is 0 Å². The van der Waals surface area contributed by atoms with Gasteiger partial charge in [0.25, 0.3) is 0 Å². The van der Waals surface area contributed by atoms with Gasteiger partial charge in [0.2, 0.25) is 0 Å². The summed E-state index contributed by atoms with van der Waals surface area (Å²) in [6, 6.07) is 0. The van der Waals surface area contributed by atoms with Crippen molar-refractivity contribution < 1.29 is 24.0 Å². The second-order valence-electron chi connectivity index (χ2n) is 1.56. The molecule has 0 N–H and O–H groups in total. The smallest absolute Gasteiger partial charge is 0.0649 e. The molecular formula is C6H10O5P-3. The molecule has 6 heteroatoms. The average molecular weight is 193 g/mol. The van der Waals surface area contributed by atoms with Crippen LogP contribution in [0.25, 0.3) is 0 Å². The Kier molecular flexibility index (Phi) is 10.2. The summed E-state index contributed by atoms with van der Waals surface area (Å²) in [5, 5.41) is 0. The van der Waals surface area contributed by atoms with Crippen molar-refractivity contribution in [2.24, 2.45) is 0 Å². The fourth-order valence-electron chi connectivity index (χ4n) is 0.235. The van der Waals surface area contributed by atoms with Crippen molar-refractivity contribution in [2.75, 3.05) is 13.2 Å². The summed E-state index contributed by atoms with van der Waals surface area (Å²) < 4.78 is 13.4. The summed E-state index contributed by atoms with van der Waals surface area (Å²) in [6.07, 6.45) is 3.42. The first kappa shape index (κ1) is 14.1. The lowest BCUT2D eigenvalue weighted by atomic mass is 10.6. The van der Waals surface area contributed by atoms with E-state index in [0.29, 0.717) is 13.2 Å². The van der Waals surface area contributed by atoms with Crippen LogP contribution in [0, 0.1) is 0 Å². The predicted molar refractivity (Wildman–Crippen MR) is 38.8 cm³/mol. The first-order valence-electron chi connectivity index (χ1n) is 2.94. The molecular weight excluding hydrogens is 183 g/mol. The van der Waals surface area contributed by atoms with Crippen molar-refractivity contribution in [3.05, 3.63) is 25.3 Å². The van der Waals surface area contributed by atoms with Crippen LogP contribution in [0.1, 0.15) is 0 Å². The van der Waals surface area contributed by atoms with Crippen molar-refractivity contribution in [1.82, 2.24) is 0 Å². The Morgan fingerprint density at radius 2 is 1.42 bits per heavy atom. The standard InChI is InChI=1S/C6H10O.H3O4P/c1-3-5-7-6-4-2;1-5(2,3)4/h3-4H,1-2,5-6H2;(H3,1,2,3,4)/p-3. The lowest BCUT2D eigenvalue weighted by molar-refractivity contribution is -0.432. The Hall–Kier alpha value is -0.450. The van der Waals surface area contributed by atoms with Gasteiger partial charge in [0, 0.05) is 0 Å². The maximum absolute atomic E-state index is 8.55. The summed E-state index contributed by atoms with van der Waals surface area (Å²) in [7, 11) is -5.39. The fourth-order valence-corrected chi connectivity index (χ4v) is 0.235. The first-order valence-corrected chi connectivity index (χ1v) is 4.40. The molecule has 0 saturated heterocycles. The summed E-state index contributed by atoms with van der Waals surface area (Å²) in [4.78, 5) is 25.6. The van der Waals surface area contributed by atoms with E-state index in [2.05, 4.69) is 13.2 Å². The molecule has 0 aliphatic heterocycles. The molecule has 5 nitrogen and oxygen atoms in total. The quantitative estimate of drug-likeness (QED) is 0.309. The third-order valence-corrected chi connectivity index (χ3v) is 0.471. The molecule has 0 aromatic heterocycles. The van der Waals surface area contributed by atoms with E-state index in [4.69, 9.17) is 24.0 Å². The first-order chi connectivity index (χ1) is 5.41. The average Bonchev–Trinajstić information content (AvgIpc) is 1.85. The molecule has 0 aliphatic rings. The van der Waals surface area contributed by atoms with Crippen LogP contribution < -0.4 is 14.7 Å². The van der Waals surface area contributed by atoms with E-state index >= 15 is 0 Å². The molecule has 0 radical (unpaired) electrons. The SMILES string of the molecule is C=CCOCC=C.O=P([O-])([O-])[O-].